The van der Waals surface area contributed by atoms with E-state index in [1.807, 2.05) is 18.2 Å². The molecular weight excluding hydrogens is 274 g/mol. The maximum Gasteiger partial charge on any atom is 0.152 e. The summed E-state index contributed by atoms with van der Waals surface area (Å²) >= 11 is 6.20. The number of benzene rings is 1. The monoisotopic (exact) mass is 293 g/mol. The highest BCUT2D eigenvalue weighted by molar-refractivity contribution is 6.34. The van der Waals surface area contributed by atoms with Crippen LogP contribution in [0.1, 0.15) is 38.0 Å². The van der Waals surface area contributed by atoms with Gasteiger partial charge in [0.15, 0.2) is 5.58 Å². The Hall–Kier alpha value is -1.03. The fraction of sp³-hybridized carbons (Fsp3) is 0.500. The second kappa shape index (κ2) is 5.40. The Morgan fingerprint density at radius 3 is 2.80 bits per heavy atom. The first kappa shape index (κ1) is 13.9. The van der Waals surface area contributed by atoms with E-state index < -0.39 is 0 Å². The van der Waals surface area contributed by atoms with Gasteiger partial charge in [-0.15, -0.1) is 0 Å². The fourth-order valence-corrected chi connectivity index (χ4v) is 3.30. The molecule has 0 aliphatic heterocycles. The van der Waals surface area contributed by atoms with Gasteiger partial charge in [0, 0.05) is 12.5 Å². The summed E-state index contributed by atoms with van der Waals surface area (Å²) in [6.45, 7) is 2.98. The fourth-order valence-electron chi connectivity index (χ4n) is 3.08. The van der Waals surface area contributed by atoms with E-state index in [1.54, 1.807) is 7.11 Å². The van der Waals surface area contributed by atoms with Crippen LogP contribution in [0.25, 0.3) is 11.0 Å². The Bertz CT molecular complexity index is 598. The number of para-hydroxylation sites is 1. The molecule has 0 bridgehead atoms. The summed E-state index contributed by atoms with van der Waals surface area (Å²) < 4.78 is 11.8. The summed E-state index contributed by atoms with van der Waals surface area (Å²) in [6, 6.07) is 7.98. The van der Waals surface area contributed by atoms with Crippen LogP contribution >= 0.6 is 11.6 Å². The van der Waals surface area contributed by atoms with Gasteiger partial charge in [0.2, 0.25) is 0 Å². The molecule has 1 heterocycles. The van der Waals surface area contributed by atoms with Gasteiger partial charge in [0.1, 0.15) is 5.76 Å². The molecule has 1 aliphatic rings. The molecular formula is C16H20ClNO2. The van der Waals surface area contributed by atoms with Gasteiger partial charge < -0.3 is 14.5 Å². The van der Waals surface area contributed by atoms with E-state index in [9.17, 15) is 0 Å². The summed E-state index contributed by atoms with van der Waals surface area (Å²) in [5.41, 5.74) is 0.619. The van der Waals surface area contributed by atoms with Crippen LogP contribution < -0.4 is 5.32 Å². The minimum Gasteiger partial charge on any atom is -0.458 e. The number of rotatable bonds is 5. The van der Waals surface area contributed by atoms with Crippen LogP contribution in [-0.4, -0.2) is 19.3 Å². The first-order chi connectivity index (χ1) is 9.70. The summed E-state index contributed by atoms with van der Waals surface area (Å²) in [5.74, 6) is 0.913. The lowest BCUT2D eigenvalue weighted by Gasteiger charge is -2.45. The first-order valence-electron chi connectivity index (χ1n) is 7.16. The van der Waals surface area contributed by atoms with Crippen LogP contribution in [0.15, 0.2) is 28.7 Å². The van der Waals surface area contributed by atoms with E-state index >= 15 is 0 Å². The Morgan fingerprint density at radius 1 is 1.45 bits per heavy atom. The van der Waals surface area contributed by atoms with Gasteiger partial charge in [-0.2, -0.15) is 0 Å². The molecule has 1 aromatic carbocycles. The molecule has 1 fully saturated rings. The number of halogens is 1. The molecule has 3 nitrogen and oxygen atoms in total. The molecule has 1 unspecified atom stereocenters. The third kappa shape index (κ3) is 2.14. The zero-order valence-electron chi connectivity index (χ0n) is 11.9. The minimum atomic E-state index is -0.142. The van der Waals surface area contributed by atoms with Gasteiger partial charge in [-0.25, -0.2) is 0 Å². The molecule has 2 aromatic rings. The third-order valence-electron chi connectivity index (χ3n) is 4.34. The predicted octanol–water partition coefficient (Wildman–Crippen LogP) is 4.31. The van der Waals surface area contributed by atoms with Crippen molar-refractivity contribution in [3.63, 3.8) is 0 Å². The average molecular weight is 294 g/mol. The van der Waals surface area contributed by atoms with Gasteiger partial charge >= 0.3 is 0 Å². The van der Waals surface area contributed by atoms with Crippen molar-refractivity contribution in [2.45, 2.75) is 37.8 Å². The number of furan rings is 1. The molecule has 1 aromatic heterocycles. The van der Waals surface area contributed by atoms with Crippen molar-refractivity contribution in [3.05, 3.63) is 35.0 Å². The van der Waals surface area contributed by atoms with Gasteiger partial charge in [-0.05, 0) is 37.9 Å². The maximum absolute atomic E-state index is 6.20. The van der Waals surface area contributed by atoms with Crippen molar-refractivity contribution in [2.24, 2.45) is 0 Å². The molecule has 0 radical (unpaired) electrons. The van der Waals surface area contributed by atoms with E-state index in [2.05, 4.69) is 18.3 Å². The standard InChI is InChI=1S/C16H20ClNO2/c1-3-18-15(16(19-2)8-5-9-16)13-10-11-6-4-7-12(17)14(11)20-13/h4,6-7,10,15,18H,3,5,8-9H2,1-2H3. The number of fused-ring (bicyclic) bond motifs is 1. The van der Waals surface area contributed by atoms with Crippen molar-refractivity contribution in [2.75, 3.05) is 13.7 Å². The summed E-state index contributed by atoms with van der Waals surface area (Å²) in [7, 11) is 1.79. The molecule has 1 saturated carbocycles. The Labute approximate surface area is 124 Å². The highest BCUT2D eigenvalue weighted by atomic mass is 35.5. The van der Waals surface area contributed by atoms with Crippen LogP contribution in [0.2, 0.25) is 5.02 Å². The molecule has 1 N–H and O–H groups in total. The molecule has 4 heteroatoms. The lowest BCUT2D eigenvalue weighted by molar-refractivity contribution is -0.103. The van der Waals surface area contributed by atoms with Gasteiger partial charge in [0.25, 0.3) is 0 Å². The number of hydrogen-bond donors (Lipinski definition) is 1. The van der Waals surface area contributed by atoms with E-state index in [-0.39, 0.29) is 11.6 Å². The SMILES string of the molecule is CCNC(c1cc2cccc(Cl)c2o1)C1(OC)CCC1. The highest BCUT2D eigenvalue weighted by Gasteiger charge is 2.46. The maximum atomic E-state index is 6.20. The van der Waals surface area contributed by atoms with Crippen molar-refractivity contribution < 1.29 is 9.15 Å². The Balaban J connectivity index is 2.03. The average Bonchev–Trinajstić information content (AvgIpc) is 2.82. The molecule has 20 heavy (non-hydrogen) atoms. The van der Waals surface area contributed by atoms with Crippen molar-refractivity contribution in [1.82, 2.24) is 5.32 Å². The number of ether oxygens (including phenoxy) is 1. The van der Waals surface area contributed by atoms with Gasteiger partial charge in [0.05, 0.1) is 16.7 Å². The van der Waals surface area contributed by atoms with Crippen LogP contribution in [0.4, 0.5) is 0 Å². The number of hydrogen-bond acceptors (Lipinski definition) is 3. The van der Waals surface area contributed by atoms with E-state index in [0.29, 0.717) is 5.02 Å². The van der Waals surface area contributed by atoms with Crippen molar-refractivity contribution in [3.8, 4) is 0 Å². The van der Waals surface area contributed by atoms with Crippen LogP contribution in [-0.2, 0) is 4.74 Å². The van der Waals surface area contributed by atoms with E-state index in [4.69, 9.17) is 20.8 Å². The summed E-state index contributed by atoms with van der Waals surface area (Å²) in [5, 5.41) is 5.21. The van der Waals surface area contributed by atoms with Crippen LogP contribution in [0.3, 0.4) is 0 Å². The smallest absolute Gasteiger partial charge is 0.152 e. The number of likely N-dealkylation sites (N-methyl/N-ethyl adjacent to an activating group) is 1. The Kier molecular flexibility index (Phi) is 3.76. The minimum absolute atomic E-state index is 0.0784. The topological polar surface area (TPSA) is 34.4 Å². The third-order valence-corrected chi connectivity index (χ3v) is 4.64. The highest BCUT2D eigenvalue weighted by Crippen LogP contribution is 2.46. The molecule has 1 aliphatic carbocycles. The normalized spacial score (nSPS) is 18.9. The quantitative estimate of drug-likeness (QED) is 0.892. The molecule has 0 saturated heterocycles. The second-order valence-corrected chi connectivity index (χ2v) is 5.83. The largest absolute Gasteiger partial charge is 0.458 e. The molecule has 0 amide bonds. The lowest BCUT2D eigenvalue weighted by atomic mass is 9.73. The van der Waals surface area contributed by atoms with E-state index in [0.717, 1.165) is 36.1 Å². The number of nitrogens with one attached hydrogen (secondary N) is 1. The van der Waals surface area contributed by atoms with Crippen molar-refractivity contribution in [1.29, 1.82) is 0 Å². The molecule has 108 valence electrons. The van der Waals surface area contributed by atoms with E-state index in [1.165, 1.54) is 6.42 Å². The second-order valence-electron chi connectivity index (χ2n) is 5.42. The zero-order chi connectivity index (χ0) is 14.2. The molecule has 3 rings (SSSR count). The van der Waals surface area contributed by atoms with Crippen molar-refractivity contribution >= 4 is 22.6 Å². The van der Waals surface area contributed by atoms with Gasteiger partial charge in [-0.3, -0.25) is 0 Å². The van der Waals surface area contributed by atoms with Gasteiger partial charge in [-0.1, -0.05) is 30.7 Å². The predicted molar refractivity (Wildman–Crippen MR) is 81.2 cm³/mol. The number of methoxy groups -OCH3 is 1. The van der Waals surface area contributed by atoms with Crippen LogP contribution in [0.5, 0.6) is 0 Å². The summed E-state index contributed by atoms with van der Waals surface area (Å²) in [4.78, 5) is 0. The summed E-state index contributed by atoms with van der Waals surface area (Å²) in [6.07, 6.45) is 3.33. The zero-order valence-corrected chi connectivity index (χ0v) is 12.7. The van der Waals surface area contributed by atoms with Crippen LogP contribution in [0, 0.1) is 0 Å². The molecule has 1 atom stereocenters. The lowest BCUT2D eigenvalue weighted by Crippen LogP contribution is -2.50. The Morgan fingerprint density at radius 2 is 2.25 bits per heavy atom. The first-order valence-corrected chi connectivity index (χ1v) is 7.54. The molecule has 0 spiro atoms.